The van der Waals surface area contributed by atoms with Gasteiger partial charge in [0.15, 0.2) is 23.0 Å². The average molecular weight is 380 g/mol. The van der Waals surface area contributed by atoms with Gasteiger partial charge in [0, 0.05) is 18.3 Å². The maximum atomic E-state index is 14.3. The van der Waals surface area contributed by atoms with Crippen molar-refractivity contribution in [3.8, 4) is 11.5 Å². The number of fused-ring (bicyclic) bond motifs is 1. The highest BCUT2D eigenvalue weighted by atomic mass is 32.2. The quantitative estimate of drug-likeness (QED) is 0.702. The van der Waals surface area contributed by atoms with Gasteiger partial charge in [-0.1, -0.05) is 6.07 Å². The molecule has 0 aliphatic heterocycles. The molecule has 1 aromatic carbocycles. The first kappa shape index (κ1) is 18.1. The van der Waals surface area contributed by atoms with Gasteiger partial charge in [-0.25, -0.2) is 17.5 Å². The van der Waals surface area contributed by atoms with E-state index in [4.69, 9.17) is 9.47 Å². The van der Waals surface area contributed by atoms with Gasteiger partial charge in [0.05, 0.1) is 20.3 Å². The average Bonchev–Trinajstić information content (AvgIpc) is 3.05. The fourth-order valence-electron chi connectivity index (χ4n) is 2.55. The fourth-order valence-corrected chi connectivity index (χ4v) is 3.82. The smallest absolute Gasteiger partial charge is 0.244 e. The molecule has 26 heavy (non-hydrogen) atoms. The van der Waals surface area contributed by atoms with E-state index in [0.29, 0.717) is 11.5 Å². The first-order valence-corrected chi connectivity index (χ1v) is 9.09. The first-order chi connectivity index (χ1) is 12.4. The van der Waals surface area contributed by atoms with Gasteiger partial charge < -0.3 is 9.47 Å². The minimum Gasteiger partial charge on any atom is -0.493 e. The Morgan fingerprint density at radius 2 is 1.85 bits per heavy atom. The van der Waals surface area contributed by atoms with Crippen LogP contribution in [0.4, 0.5) is 4.39 Å². The number of aromatic nitrogens is 3. The van der Waals surface area contributed by atoms with E-state index in [9.17, 15) is 12.8 Å². The lowest BCUT2D eigenvalue weighted by Crippen LogP contribution is -2.29. The van der Waals surface area contributed by atoms with Gasteiger partial charge in [0.2, 0.25) is 10.0 Å². The number of nitrogens with zero attached hydrogens (tertiary/aromatic N) is 3. The predicted molar refractivity (Wildman–Crippen MR) is 91.2 cm³/mol. The summed E-state index contributed by atoms with van der Waals surface area (Å²) in [5.74, 6) is -0.367. The first-order valence-electron chi connectivity index (χ1n) is 7.61. The number of pyridine rings is 1. The molecular formula is C16H17FN4O4S. The Labute approximate surface area is 149 Å². The molecule has 0 saturated heterocycles. The van der Waals surface area contributed by atoms with Crippen LogP contribution in [0.15, 0.2) is 41.4 Å². The van der Waals surface area contributed by atoms with E-state index < -0.39 is 26.8 Å². The van der Waals surface area contributed by atoms with Crippen molar-refractivity contribution in [1.29, 1.82) is 0 Å². The number of ether oxygens (including phenoxy) is 2. The van der Waals surface area contributed by atoms with E-state index in [1.165, 1.54) is 14.2 Å². The SMILES string of the molecule is COc1cc(F)c(S(=O)(=O)N[C@H](C)c2nnc3ccccn23)cc1OC. The lowest BCUT2D eigenvalue weighted by molar-refractivity contribution is 0.350. The van der Waals surface area contributed by atoms with E-state index in [2.05, 4.69) is 14.9 Å². The Morgan fingerprint density at radius 1 is 1.15 bits per heavy atom. The van der Waals surface area contributed by atoms with Crippen LogP contribution >= 0.6 is 0 Å². The second-order valence-electron chi connectivity index (χ2n) is 5.47. The molecule has 0 unspecified atom stereocenters. The molecule has 8 nitrogen and oxygen atoms in total. The molecule has 10 heteroatoms. The van der Waals surface area contributed by atoms with Gasteiger partial charge in [-0.3, -0.25) is 4.40 Å². The summed E-state index contributed by atoms with van der Waals surface area (Å²) in [5, 5.41) is 7.98. The van der Waals surface area contributed by atoms with Gasteiger partial charge >= 0.3 is 0 Å². The molecule has 3 rings (SSSR count). The van der Waals surface area contributed by atoms with Gasteiger partial charge in [0.25, 0.3) is 0 Å². The van der Waals surface area contributed by atoms with Crippen LogP contribution in [0.3, 0.4) is 0 Å². The molecule has 1 atom stereocenters. The molecule has 0 amide bonds. The molecule has 2 heterocycles. The highest BCUT2D eigenvalue weighted by molar-refractivity contribution is 7.89. The molecule has 3 aromatic rings. The summed E-state index contributed by atoms with van der Waals surface area (Å²) >= 11 is 0. The van der Waals surface area contributed by atoms with E-state index in [-0.39, 0.29) is 11.5 Å². The third kappa shape index (κ3) is 3.20. The maximum Gasteiger partial charge on any atom is 0.244 e. The minimum atomic E-state index is -4.18. The zero-order valence-corrected chi connectivity index (χ0v) is 15.1. The molecule has 2 aromatic heterocycles. The number of benzene rings is 1. The molecular weight excluding hydrogens is 363 g/mol. The van der Waals surface area contributed by atoms with Crippen LogP contribution in [0, 0.1) is 5.82 Å². The minimum absolute atomic E-state index is 0.0976. The largest absolute Gasteiger partial charge is 0.493 e. The van der Waals surface area contributed by atoms with Crippen molar-refractivity contribution >= 4 is 15.7 Å². The summed E-state index contributed by atoms with van der Waals surface area (Å²) in [6, 6.07) is 6.60. The number of hydrogen-bond acceptors (Lipinski definition) is 6. The number of hydrogen-bond donors (Lipinski definition) is 1. The molecule has 138 valence electrons. The van der Waals surface area contributed by atoms with Crippen molar-refractivity contribution in [3.63, 3.8) is 0 Å². The Balaban J connectivity index is 1.96. The van der Waals surface area contributed by atoms with Gasteiger partial charge in [-0.15, -0.1) is 10.2 Å². The summed E-state index contributed by atoms with van der Waals surface area (Å²) in [6.07, 6.45) is 1.71. The van der Waals surface area contributed by atoms with E-state index in [1.807, 2.05) is 0 Å². The second kappa shape index (κ2) is 6.89. The predicted octanol–water partition coefficient (Wildman–Crippen LogP) is 1.93. The number of sulfonamides is 1. The molecule has 0 aliphatic carbocycles. The van der Waals surface area contributed by atoms with E-state index >= 15 is 0 Å². The fraction of sp³-hybridized carbons (Fsp3) is 0.250. The topological polar surface area (TPSA) is 94.8 Å². The number of nitrogens with one attached hydrogen (secondary N) is 1. The summed E-state index contributed by atoms with van der Waals surface area (Å²) in [6.45, 7) is 1.60. The number of rotatable bonds is 6. The summed E-state index contributed by atoms with van der Waals surface area (Å²) in [5.41, 5.74) is 0.575. The molecule has 1 N–H and O–H groups in total. The van der Waals surface area contributed by atoms with Gasteiger partial charge in [-0.05, 0) is 19.1 Å². The molecule has 0 bridgehead atoms. The summed E-state index contributed by atoms with van der Waals surface area (Å²) < 4.78 is 53.7. The Bertz CT molecular complexity index is 1050. The van der Waals surface area contributed by atoms with Crippen LogP contribution in [0.2, 0.25) is 0 Å². The van der Waals surface area contributed by atoms with Crippen molar-refractivity contribution < 1.29 is 22.3 Å². The van der Waals surface area contributed by atoms with E-state index in [1.54, 1.807) is 35.7 Å². The maximum absolute atomic E-state index is 14.3. The second-order valence-corrected chi connectivity index (χ2v) is 7.15. The standard InChI is InChI=1S/C16H17FN4O4S/c1-10(16-19-18-15-6-4-5-7-21(15)16)20-26(22,23)14-9-13(25-3)12(24-2)8-11(14)17/h4-10,20H,1-3H3/t10-/m1/s1. The van der Waals surface area contributed by atoms with Crippen molar-refractivity contribution in [2.24, 2.45) is 0 Å². The van der Waals surface area contributed by atoms with Gasteiger partial charge in [0.1, 0.15) is 10.7 Å². The third-order valence-electron chi connectivity index (χ3n) is 3.79. The third-order valence-corrected chi connectivity index (χ3v) is 5.34. The lowest BCUT2D eigenvalue weighted by Gasteiger charge is -2.15. The molecule has 0 spiro atoms. The Hall–Kier alpha value is -2.72. The summed E-state index contributed by atoms with van der Waals surface area (Å²) in [7, 11) is -1.51. The molecule has 0 radical (unpaired) electrons. The Morgan fingerprint density at radius 3 is 2.54 bits per heavy atom. The molecule has 0 fully saturated rings. The van der Waals surface area contributed by atoms with Crippen LogP contribution in [-0.2, 0) is 10.0 Å². The zero-order chi connectivity index (χ0) is 18.9. The van der Waals surface area contributed by atoms with Crippen molar-refractivity contribution in [2.45, 2.75) is 17.9 Å². The highest BCUT2D eigenvalue weighted by Crippen LogP contribution is 2.32. The normalized spacial score (nSPS) is 12.9. The van der Waals surface area contributed by atoms with Crippen LogP contribution in [0.5, 0.6) is 11.5 Å². The number of methoxy groups -OCH3 is 2. The van der Waals surface area contributed by atoms with Crippen LogP contribution < -0.4 is 14.2 Å². The van der Waals surface area contributed by atoms with Crippen LogP contribution in [-0.4, -0.2) is 37.2 Å². The van der Waals surface area contributed by atoms with Crippen LogP contribution in [0.25, 0.3) is 5.65 Å². The van der Waals surface area contributed by atoms with Crippen LogP contribution in [0.1, 0.15) is 18.8 Å². The summed E-state index contributed by atoms with van der Waals surface area (Å²) in [4.78, 5) is -0.546. The molecule has 0 saturated carbocycles. The molecule has 0 aliphatic rings. The monoisotopic (exact) mass is 380 g/mol. The van der Waals surface area contributed by atoms with Gasteiger partial charge in [-0.2, -0.15) is 0 Å². The number of halogens is 1. The van der Waals surface area contributed by atoms with Crippen molar-refractivity contribution in [2.75, 3.05) is 14.2 Å². The zero-order valence-electron chi connectivity index (χ0n) is 14.3. The lowest BCUT2D eigenvalue weighted by atomic mass is 10.3. The highest BCUT2D eigenvalue weighted by Gasteiger charge is 2.26. The van der Waals surface area contributed by atoms with Crippen molar-refractivity contribution in [3.05, 3.63) is 48.2 Å². The Kier molecular flexibility index (Phi) is 4.79. The van der Waals surface area contributed by atoms with E-state index in [0.717, 1.165) is 12.1 Å². The van der Waals surface area contributed by atoms with Crippen molar-refractivity contribution in [1.82, 2.24) is 19.3 Å².